The van der Waals surface area contributed by atoms with Gasteiger partial charge in [0.25, 0.3) is 0 Å². The minimum Gasteiger partial charge on any atom is -0.299 e. The number of hydrogen-bond donors (Lipinski definition) is 1. The molecule has 3 saturated carbocycles. The third kappa shape index (κ3) is 2.68. The molecular weight excluding hydrogens is 310 g/mol. The van der Waals surface area contributed by atoms with Crippen LogP contribution in [0.25, 0.3) is 0 Å². The number of fused-ring (bicyclic) bond motifs is 2. The number of carbonyl (C=O) groups is 1. The van der Waals surface area contributed by atoms with E-state index >= 15 is 0 Å². The van der Waals surface area contributed by atoms with Gasteiger partial charge in [0.05, 0.1) is 5.75 Å². The lowest BCUT2D eigenvalue weighted by atomic mass is 9.70. The number of sulfonamides is 1. The fourth-order valence-electron chi connectivity index (χ4n) is 5.45. The van der Waals surface area contributed by atoms with Crippen LogP contribution >= 0.6 is 0 Å². The molecule has 0 unspecified atom stereocenters. The topological polar surface area (TPSA) is 63.2 Å². The number of carbonyl (C=O) groups excluding carboxylic acids is 1. The third-order valence-corrected chi connectivity index (χ3v) is 9.15. The maximum absolute atomic E-state index is 12.9. The van der Waals surface area contributed by atoms with E-state index in [0.717, 1.165) is 25.7 Å². The van der Waals surface area contributed by atoms with Crippen LogP contribution in [0.1, 0.15) is 66.2 Å². The van der Waals surface area contributed by atoms with Gasteiger partial charge in [-0.05, 0) is 42.4 Å². The van der Waals surface area contributed by atoms with E-state index in [4.69, 9.17) is 0 Å². The quantitative estimate of drug-likeness (QED) is 0.854. The molecule has 2 bridgehead atoms. The second-order valence-corrected chi connectivity index (χ2v) is 10.7. The molecule has 0 aromatic rings. The average Bonchev–Trinajstić information content (AvgIpc) is 2.77. The molecule has 3 aliphatic rings. The number of hydrogen-bond acceptors (Lipinski definition) is 3. The van der Waals surface area contributed by atoms with Gasteiger partial charge in [-0.3, -0.25) is 4.79 Å². The van der Waals surface area contributed by atoms with E-state index in [-0.39, 0.29) is 23.0 Å². The van der Waals surface area contributed by atoms with Crippen LogP contribution in [0.5, 0.6) is 0 Å². The zero-order chi connectivity index (χ0) is 17.0. The zero-order valence-electron chi connectivity index (χ0n) is 14.9. The van der Waals surface area contributed by atoms with Crippen molar-refractivity contribution in [1.82, 2.24) is 4.72 Å². The first-order valence-corrected chi connectivity index (χ1v) is 10.8. The van der Waals surface area contributed by atoms with Crippen molar-refractivity contribution in [2.75, 3.05) is 5.75 Å². The van der Waals surface area contributed by atoms with Crippen molar-refractivity contribution >= 4 is 15.8 Å². The first-order chi connectivity index (χ1) is 10.6. The largest absolute Gasteiger partial charge is 0.299 e. The lowest BCUT2D eigenvalue weighted by Crippen LogP contribution is -2.50. The van der Waals surface area contributed by atoms with Crippen LogP contribution in [0.4, 0.5) is 0 Å². The van der Waals surface area contributed by atoms with Crippen LogP contribution < -0.4 is 4.72 Å². The SMILES string of the molecule is C[C@@H]1[C@@H](C)CCC[C@H]1NS(=O)(=O)C[C@]12CC[C@@H](CC1=O)C2(C)C. The van der Waals surface area contributed by atoms with Gasteiger partial charge >= 0.3 is 0 Å². The van der Waals surface area contributed by atoms with E-state index in [1.54, 1.807) is 0 Å². The highest BCUT2D eigenvalue weighted by atomic mass is 32.2. The summed E-state index contributed by atoms with van der Waals surface area (Å²) in [6.45, 7) is 8.54. The van der Waals surface area contributed by atoms with E-state index in [0.29, 0.717) is 24.2 Å². The van der Waals surface area contributed by atoms with Gasteiger partial charge in [0.2, 0.25) is 10.0 Å². The molecule has 0 aromatic heterocycles. The molecule has 3 rings (SSSR count). The van der Waals surface area contributed by atoms with Gasteiger partial charge < -0.3 is 0 Å². The van der Waals surface area contributed by atoms with Gasteiger partial charge in [0, 0.05) is 17.9 Å². The van der Waals surface area contributed by atoms with Crippen molar-refractivity contribution in [3.05, 3.63) is 0 Å². The minimum absolute atomic E-state index is 0.0140. The summed E-state index contributed by atoms with van der Waals surface area (Å²) in [7, 11) is -3.44. The van der Waals surface area contributed by atoms with Crippen molar-refractivity contribution in [3.8, 4) is 0 Å². The van der Waals surface area contributed by atoms with Gasteiger partial charge in [0.15, 0.2) is 0 Å². The second kappa shape index (κ2) is 5.55. The molecule has 5 heteroatoms. The van der Waals surface area contributed by atoms with Crippen LogP contribution in [0.2, 0.25) is 0 Å². The minimum atomic E-state index is -3.44. The summed E-state index contributed by atoms with van der Waals surface area (Å²) in [6.07, 6.45) is 5.47. The van der Waals surface area contributed by atoms with Gasteiger partial charge in [0.1, 0.15) is 5.78 Å². The molecule has 0 amide bonds. The Bertz CT molecular complexity index is 597. The normalized spacial score (nSPS) is 43.0. The standard InChI is InChI=1S/C18H31NO3S/c1-12-6-5-7-15(13(12)2)19-23(21,22)11-18-9-8-14(10-16(18)20)17(18,3)4/h12-15,19H,5-11H2,1-4H3/t12-,13+,14-,15+,18+/m0/s1. The van der Waals surface area contributed by atoms with E-state index in [2.05, 4.69) is 32.4 Å². The molecule has 5 atom stereocenters. The highest BCUT2D eigenvalue weighted by molar-refractivity contribution is 7.89. The van der Waals surface area contributed by atoms with E-state index in [9.17, 15) is 13.2 Å². The Kier molecular flexibility index (Phi) is 4.20. The second-order valence-electron chi connectivity index (χ2n) is 8.92. The fourth-order valence-corrected chi connectivity index (χ4v) is 7.66. The Morgan fingerprint density at radius 3 is 2.43 bits per heavy atom. The third-order valence-electron chi connectivity index (χ3n) is 7.61. The van der Waals surface area contributed by atoms with Crippen LogP contribution in [-0.2, 0) is 14.8 Å². The number of ketones is 1. The summed E-state index contributed by atoms with van der Waals surface area (Å²) in [5, 5.41) is 0. The first kappa shape index (κ1) is 17.4. The van der Waals surface area contributed by atoms with E-state index in [1.165, 1.54) is 6.42 Å². The van der Waals surface area contributed by atoms with Crippen LogP contribution in [0.3, 0.4) is 0 Å². The Hall–Kier alpha value is -0.420. The van der Waals surface area contributed by atoms with Gasteiger partial charge in [-0.2, -0.15) is 0 Å². The van der Waals surface area contributed by atoms with Crippen LogP contribution in [-0.4, -0.2) is 26.0 Å². The average molecular weight is 342 g/mol. The maximum atomic E-state index is 12.9. The highest BCUT2D eigenvalue weighted by Crippen LogP contribution is 2.64. The Morgan fingerprint density at radius 1 is 1.17 bits per heavy atom. The molecule has 0 spiro atoms. The Labute approximate surface area is 140 Å². The molecule has 0 radical (unpaired) electrons. The van der Waals surface area contributed by atoms with Crippen molar-refractivity contribution in [1.29, 1.82) is 0 Å². The molecule has 4 nitrogen and oxygen atoms in total. The zero-order valence-corrected chi connectivity index (χ0v) is 15.7. The molecule has 0 heterocycles. The number of Topliss-reactive ketones (excluding diaryl/α,β-unsaturated/α-hetero) is 1. The van der Waals surface area contributed by atoms with Gasteiger partial charge in [-0.15, -0.1) is 0 Å². The monoisotopic (exact) mass is 341 g/mol. The summed E-state index contributed by atoms with van der Waals surface area (Å²) in [5.74, 6) is 1.43. The molecule has 3 fully saturated rings. The summed E-state index contributed by atoms with van der Waals surface area (Å²) >= 11 is 0. The highest BCUT2D eigenvalue weighted by Gasteiger charge is 2.65. The summed E-state index contributed by atoms with van der Waals surface area (Å²) in [6, 6.07) is 0.0250. The lowest BCUT2D eigenvalue weighted by Gasteiger charge is -2.38. The van der Waals surface area contributed by atoms with Crippen molar-refractivity contribution < 1.29 is 13.2 Å². The first-order valence-electron chi connectivity index (χ1n) is 9.12. The molecule has 0 saturated heterocycles. The van der Waals surface area contributed by atoms with Crippen molar-refractivity contribution in [2.45, 2.75) is 72.3 Å². The smallest absolute Gasteiger partial charge is 0.212 e. The van der Waals surface area contributed by atoms with Gasteiger partial charge in [-0.1, -0.05) is 40.5 Å². The molecule has 0 aromatic carbocycles. The summed E-state index contributed by atoms with van der Waals surface area (Å²) < 4.78 is 28.7. The van der Waals surface area contributed by atoms with Gasteiger partial charge in [-0.25, -0.2) is 13.1 Å². The molecule has 23 heavy (non-hydrogen) atoms. The van der Waals surface area contributed by atoms with Crippen molar-refractivity contribution in [3.63, 3.8) is 0 Å². The van der Waals surface area contributed by atoms with E-state index < -0.39 is 15.4 Å². The van der Waals surface area contributed by atoms with Crippen LogP contribution in [0.15, 0.2) is 0 Å². The Morgan fingerprint density at radius 2 is 1.87 bits per heavy atom. The summed E-state index contributed by atoms with van der Waals surface area (Å²) in [5.41, 5.74) is -0.850. The Balaban J connectivity index is 1.78. The fraction of sp³-hybridized carbons (Fsp3) is 0.944. The molecule has 0 aliphatic heterocycles. The van der Waals surface area contributed by atoms with Crippen LogP contribution in [0, 0.1) is 28.6 Å². The molecule has 1 N–H and O–H groups in total. The molecule has 132 valence electrons. The molecule has 3 aliphatic carbocycles. The van der Waals surface area contributed by atoms with E-state index in [1.807, 2.05) is 0 Å². The summed E-state index contributed by atoms with van der Waals surface area (Å²) in [4.78, 5) is 12.6. The predicted molar refractivity (Wildman–Crippen MR) is 91.5 cm³/mol. The maximum Gasteiger partial charge on any atom is 0.212 e. The molecular formula is C18H31NO3S. The van der Waals surface area contributed by atoms with Crippen molar-refractivity contribution in [2.24, 2.45) is 28.6 Å². The predicted octanol–water partition coefficient (Wildman–Crippen LogP) is 3.13. The lowest BCUT2D eigenvalue weighted by molar-refractivity contribution is -0.128. The number of rotatable bonds is 4. The number of nitrogens with one attached hydrogen (secondary N) is 1.